The standard InChI is InChI=1S/C43H80O4/c1-3-5-7-9-10-11-12-13-14-15-16-17-21-24-27-32-38-45-40-41(44)34-28-25-22-19-18-20-23-26-30-36-42(35-29-8-6-4-2)47-43-37-31-33-39-46-43/h10-11,13-14,26,30,41-44H,3-9,12,15-25,27-29,31-40H2,1-2H3/t41?,42-,43?/m1/s1. The van der Waals surface area contributed by atoms with E-state index in [1.54, 1.807) is 0 Å². The van der Waals surface area contributed by atoms with Crippen LogP contribution in [0.2, 0.25) is 0 Å². The second-order valence-electron chi connectivity index (χ2n) is 14.1. The lowest BCUT2D eigenvalue weighted by atomic mass is 10.0. The molecule has 2 unspecified atom stereocenters. The molecule has 1 heterocycles. The van der Waals surface area contributed by atoms with Crippen molar-refractivity contribution in [3.05, 3.63) is 36.5 Å². The molecule has 0 saturated carbocycles. The molecule has 0 radical (unpaired) electrons. The normalized spacial score (nSPS) is 17.0. The number of aliphatic hydroxyl groups is 1. The van der Waals surface area contributed by atoms with E-state index in [9.17, 15) is 5.11 Å². The quantitative estimate of drug-likeness (QED) is 0.0543. The molecule has 1 aliphatic heterocycles. The first-order valence-electron chi connectivity index (χ1n) is 20.7. The Hall–Kier alpha value is -0.940. The summed E-state index contributed by atoms with van der Waals surface area (Å²) < 4.78 is 17.9. The zero-order valence-corrected chi connectivity index (χ0v) is 31.5. The summed E-state index contributed by atoms with van der Waals surface area (Å²) in [6.07, 6.45) is 49.6. The summed E-state index contributed by atoms with van der Waals surface area (Å²) in [4.78, 5) is 0. The summed E-state index contributed by atoms with van der Waals surface area (Å²) in [6, 6.07) is 0. The lowest BCUT2D eigenvalue weighted by molar-refractivity contribution is -0.188. The number of hydrogen-bond acceptors (Lipinski definition) is 4. The van der Waals surface area contributed by atoms with E-state index >= 15 is 0 Å². The van der Waals surface area contributed by atoms with Gasteiger partial charge >= 0.3 is 0 Å². The van der Waals surface area contributed by atoms with Gasteiger partial charge in [0.15, 0.2) is 6.29 Å². The first kappa shape index (κ1) is 44.1. The van der Waals surface area contributed by atoms with Gasteiger partial charge in [-0.3, -0.25) is 0 Å². The van der Waals surface area contributed by atoms with Crippen LogP contribution in [0.15, 0.2) is 36.5 Å². The molecule has 4 nitrogen and oxygen atoms in total. The van der Waals surface area contributed by atoms with Crippen molar-refractivity contribution in [3.63, 3.8) is 0 Å². The van der Waals surface area contributed by atoms with Crippen LogP contribution in [0.1, 0.15) is 200 Å². The molecule has 0 aromatic carbocycles. The van der Waals surface area contributed by atoms with E-state index in [1.807, 2.05) is 0 Å². The minimum absolute atomic E-state index is 0.0210. The van der Waals surface area contributed by atoms with Crippen molar-refractivity contribution in [3.8, 4) is 0 Å². The van der Waals surface area contributed by atoms with Crippen LogP contribution in [0.4, 0.5) is 0 Å². The minimum atomic E-state index is -0.297. The maximum Gasteiger partial charge on any atom is 0.157 e. The molecular weight excluding hydrogens is 580 g/mol. The molecule has 276 valence electrons. The predicted molar refractivity (Wildman–Crippen MR) is 204 cm³/mol. The third-order valence-corrected chi connectivity index (χ3v) is 9.39. The molecule has 0 aromatic rings. The summed E-state index contributed by atoms with van der Waals surface area (Å²) in [5, 5.41) is 10.3. The Morgan fingerprint density at radius 3 is 1.83 bits per heavy atom. The summed E-state index contributed by atoms with van der Waals surface area (Å²) in [5.41, 5.74) is 0. The Morgan fingerprint density at radius 1 is 0.617 bits per heavy atom. The van der Waals surface area contributed by atoms with E-state index in [0.29, 0.717) is 12.7 Å². The van der Waals surface area contributed by atoms with Crippen molar-refractivity contribution < 1.29 is 19.3 Å². The van der Waals surface area contributed by atoms with Gasteiger partial charge in [0.1, 0.15) is 0 Å². The molecule has 1 rings (SSSR count). The van der Waals surface area contributed by atoms with E-state index in [0.717, 1.165) is 58.2 Å². The Balaban J connectivity index is 1.86. The van der Waals surface area contributed by atoms with Crippen LogP contribution in [-0.2, 0) is 14.2 Å². The van der Waals surface area contributed by atoms with Gasteiger partial charge in [-0.25, -0.2) is 0 Å². The van der Waals surface area contributed by atoms with Crippen LogP contribution in [0.3, 0.4) is 0 Å². The van der Waals surface area contributed by atoms with Gasteiger partial charge in [-0.1, -0.05) is 147 Å². The van der Waals surface area contributed by atoms with Crippen molar-refractivity contribution in [2.24, 2.45) is 0 Å². The SMILES string of the molecule is CCCCCC=CCC=CCCCCCCCCOCC(O)CCCCCCCCC=CC[C@@H](CCCCCC)OC1CCCCO1. The number of rotatable bonds is 35. The molecule has 0 amide bonds. The van der Waals surface area contributed by atoms with Crippen LogP contribution >= 0.6 is 0 Å². The summed E-state index contributed by atoms with van der Waals surface area (Å²) in [5.74, 6) is 0. The summed E-state index contributed by atoms with van der Waals surface area (Å²) in [7, 11) is 0. The molecule has 1 fully saturated rings. The van der Waals surface area contributed by atoms with Crippen LogP contribution in [-0.4, -0.2) is 43.4 Å². The average molecular weight is 661 g/mol. The van der Waals surface area contributed by atoms with E-state index in [2.05, 4.69) is 50.3 Å². The van der Waals surface area contributed by atoms with Crippen LogP contribution < -0.4 is 0 Å². The largest absolute Gasteiger partial charge is 0.391 e. The Morgan fingerprint density at radius 2 is 1.17 bits per heavy atom. The molecule has 47 heavy (non-hydrogen) atoms. The van der Waals surface area contributed by atoms with Crippen molar-refractivity contribution >= 4 is 0 Å². The van der Waals surface area contributed by atoms with Crippen LogP contribution in [0.5, 0.6) is 0 Å². The van der Waals surface area contributed by atoms with Crippen molar-refractivity contribution in [2.45, 2.75) is 219 Å². The maximum absolute atomic E-state index is 10.3. The fourth-order valence-electron chi connectivity index (χ4n) is 6.28. The van der Waals surface area contributed by atoms with Gasteiger partial charge in [0.05, 0.1) is 18.8 Å². The van der Waals surface area contributed by atoms with Crippen LogP contribution in [0, 0.1) is 0 Å². The van der Waals surface area contributed by atoms with Gasteiger partial charge < -0.3 is 19.3 Å². The van der Waals surface area contributed by atoms with Crippen molar-refractivity contribution in [1.82, 2.24) is 0 Å². The first-order chi connectivity index (χ1) is 23.3. The molecule has 1 saturated heterocycles. The molecule has 1 aliphatic rings. The highest BCUT2D eigenvalue weighted by Crippen LogP contribution is 2.20. The van der Waals surface area contributed by atoms with Crippen molar-refractivity contribution in [2.75, 3.05) is 19.8 Å². The monoisotopic (exact) mass is 661 g/mol. The van der Waals surface area contributed by atoms with Gasteiger partial charge in [-0.05, 0) is 89.9 Å². The highest BCUT2D eigenvalue weighted by molar-refractivity contribution is 4.92. The fraction of sp³-hybridized carbons (Fsp3) is 0.860. The second-order valence-corrected chi connectivity index (χ2v) is 14.1. The highest BCUT2D eigenvalue weighted by atomic mass is 16.7. The zero-order chi connectivity index (χ0) is 33.7. The average Bonchev–Trinajstić information content (AvgIpc) is 3.08. The lowest BCUT2D eigenvalue weighted by Gasteiger charge is -2.27. The molecule has 0 spiro atoms. The number of ether oxygens (including phenoxy) is 3. The van der Waals surface area contributed by atoms with E-state index in [4.69, 9.17) is 14.2 Å². The topological polar surface area (TPSA) is 47.9 Å². The molecule has 4 heteroatoms. The molecule has 0 aromatic heterocycles. The van der Waals surface area contributed by atoms with Gasteiger partial charge in [-0.15, -0.1) is 0 Å². The maximum atomic E-state index is 10.3. The molecular formula is C43H80O4. The highest BCUT2D eigenvalue weighted by Gasteiger charge is 2.19. The van der Waals surface area contributed by atoms with Gasteiger partial charge in [0.2, 0.25) is 0 Å². The Kier molecular flexibility index (Phi) is 34.1. The van der Waals surface area contributed by atoms with Crippen LogP contribution in [0.25, 0.3) is 0 Å². The van der Waals surface area contributed by atoms with E-state index < -0.39 is 0 Å². The summed E-state index contributed by atoms with van der Waals surface area (Å²) >= 11 is 0. The molecule has 0 aliphatic carbocycles. The molecule has 1 N–H and O–H groups in total. The fourth-order valence-corrected chi connectivity index (χ4v) is 6.28. The Labute approximate surface area is 293 Å². The number of hydrogen-bond donors (Lipinski definition) is 1. The minimum Gasteiger partial charge on any atom is -0.391 e. The molecule has 0 bridgehead atoms. The van der Waals surface area contributed by atoms with E-state index in [-0.39, 0.29) is 12.4 Å². The Bertz CT molecular complexity index is 696. The van der Waals surface area contributed by atoms with Gasteiger partial charge in [-0.2, -0.15) is 0 Å². The molecule has 3 atom stereocenters. The zero-order valence-electron chi connectivity index (χ0n) is 31.5. The third-order valence-electron chi connectivity index (χ3n) is 9.39. The predicted octanol–water partition coefficient (Wildman–Crippen LogP) is 13.1. The smallest absolute Gasteiger partial charge is 0.157 e. The van der Waals surface area contributed by atoms with E-state index in [1.165, 1.54) is 141 Å². The number of aliphatic hydroxyl groups excluding tert-OH is 1. The van der Waals surface area contributed by atoms with Gasteiger partial charge in [0, 0.05) is 13.2 Å². The second kappa shape index (κ2) is 36.3. The number of unbranched alkanes of at least 4 members (excludes halogenated alkanes) is 18. The van der Waals surface area contributed by atoms with Crippen molar-refractivity contribution in [1.29, 1.82) is 0 Å². The first-order valence-corrected chi connectivity index (χ1v) is 20.7. The number of allylic oxidation sites excluding steroid dienone is 5. The third kappa shape index (κ3) is 32.0. The lowest BCUT2D eigenvalue weighted by Crippen LogP contribution is -2.27. The van der Waals surface area contributed by atoms with Gasteiger partial charge in [0.25, 0.3) is 0 Å². The summed E-state index contributed by atoms with van der Waals surface area (Å²) in [6.45, 7) is 6.69.